The Balaban J connectivity index is 2.00. The SMILES string of the molecule is Nc1cc(F)ccc1N1C(=O)[C@@H]2CCCC[C@H]2C1=O. The molecule has 1 heterocycles. The number of hydrogen-bond acceptors (Lipinski definition) is 3. The first-order valence-electron chi connectivity index (χ1n) is 6.52. The normalized spacial score (nSPS) is 26.7. The van der Waals surface area contributed by atoms with Crippen LogP contribution in [0, 0.1) is 17.7 Å². The predicted molar refractivity (Wildman–Crippen MR) is 68.8 cm³/mol. The maximum absolute atomic E-state index is 13.1. The fraction of sp³-hybridized carbons (Fsp3) is 0.429. The molecule has 0 spiro atoms. The third-order valence-electron chi connectivity index (χ3n) is 4.07. The number of rotatable bonds is 1. The molecular formula is C14H15FN2O2. The third kappa shape index (κ3) is 1.80. The molecule has 1 aromatic rings. The molecule has 2 amide bonds. The summed E-state index contributed by atoms with van der Waals surface area (Å²) in [6.07, 6.45) is 3.47. The molecule has 1 aromatic carbocycles. The van der Waals surface area contributed by atoms with E-state index in [1.807, 2.05) is 0 Å². The van der Waals surface area contributed by atoms with Gasteiger partial charge in [-0.05, 0) is 31.0 Å². The van der Waals surface area contributed by atoms with Crippen molar-refractivity contribution in [3.63, 3.8) is 0 Å². The summed E-state index contributed by atoms with van der Waals surface area (Å²) in [4.78, 5) is 25.8. The molecule has 2 aliphatic rings. The van der Waals surface area contributed by atoms with Gasteiger partial charge in [-0.3, -0.25) is 9.59 Å². The number of carbonyl (C=O) groups is 2. The number of nitrogens with two attached hydrogens (primary N) is 1. The molecule has 2 N–H and O–H groups in total. The van der Waals surface area contributed by atoms with E-state index in [-0.39, 0.29) is 29.3 Å². The standard InChI is InChI=1S/C14H15FN2O2/c15-8-5-6-12(11(16)7-8)17-13(18)9-3-1-2-4-10(9)14(17)19/h5-7,9-10H,1-4,16H2/t9-,10-/m1/s1. The molecule has 2 fully saturated rings. The van der Waals surface area contributed by atoms with E-state index in [1.165, 1.54) is 12.1 Å². The first kappa shape index (κ1) is 12.1. The highest BCUT2D eigenvalue weighted by Crippen LogP contribution is 2.41. The summed E-state index contributed by atoms with van der Waals surface area (Å²) in [5, 5.41) is 0. The number of fused-ring (bicyclic) bond motifs is 1. The lowest BCUT2D eigenvalue weighted by atomic mass is 9.81. The van der Waals surface area contributed by atoms with Crippen LogP contribution in [0.5, 0.6) is 0 Å². The van der Waals surface area contributed by atoms with Gasteiger partial charge in [-0.15, -0.1) is 0 Å². The van der Waals surface area contributed by atoms with Gasteiger partial charge in [0.25, 0.3) is 0 Å². The van der Waals surface area contributed by atoms with Crippen LogP contribution >= 0.6 is 0 Å². The highest BCUT2D eigenvalue weighted by atomic mass is 19.1. The zero-order valence-electron chi connectivity index (χ0n) is 10.4. The number of amides is 2. The van der Waals surface area contributed by atoms with Crippen molar-refractivity contribution < 1.29 is 14.0 Å². The van der Waals surface area contributed by atoms with Gasteiger partial charge in [0.05, 0.1) is 23.2 Å². The summed E-state index contributed by atoms with van der Waals surface area (Å²) in [6, 6.07) is 3.75. The number of halogens is 1. The molecule has 2 atom stereocenters. The Morgan fingerprint density at radius 3 is 2.21 bits per heavy atom. The van der Waals surface area contributed by atoms with Gasteiger partial charge in [0.15, 0.2) is 0 Å². The van der Waals surface area contributed by atoms with Gasteiger partial charge >= 0.3 is 0 Å². The van der Waals surface area contributed by atoms with Crippen molar-refractivity contribution in [2.45, 2.75) is 25.7 Å². The van der Waals surface area contributed by atoms with E-state index in [0.29, 0.717) is 5.69 Å². The van der Waals surface area contributed by atoms with Crippen LogP contribution in [-0.2, 0) is 9.59 Å². The van der Waals surface area contributed by atoms with Crippen molar-refractivity contribution in [1.29, 1.82) is 0 Å². The Bertz CT molecular complexity index is 534. The number of benzene rings is 1. The number of carbonyl (C=O) groups excluding carboxylic acids is 2. The third-order valence-corrected chi connectivity index (χ3v) is 4.07. The summed E-state index contributed by atoms with van der Waals surface area (Å²) in [7, 11) is 0. The average Bonchev–Trinajstić information content (AvgIpc) is 2.64. The summed E-state index contributed by atoms with van der Waals surface area (Å²) in [6.45, 7) is 0. The lowest BCUT2D eigenvalue weighted by Gasteiger charge is -2.19. The second-order valence-electron chi connectivity index (χ2n) is 5.21. The van der Waals surface area contributed by atoms with Gasteiger partial charge in [-0.1, -0.05) is 12.8 Å². The lowest BCUT2D eigenvalue weighted by Crippen LogP contribution is -2.31. The Morgan fingerprint density at radius 2 is 1.68 bits per heavy atom. The minimum absolute atomic E-state index is 0.125. The zero-order chi connectivity index (χ0) is 13.6. The summed E-state index contributed by atoms with van der Waals surface area (Å²) in [5.74, 6) is -1.28. The molecule has 5 heteroatoms. The van der Waals surface area contributed by atoms with E-state index in [2.05, 4.69) is 0 Å². The molecule has 4 nitrogen and oxygen atoms in total. The second-order valence-corrected chi connectivity index (χ2v) is 5.21. The molecule has 0 unspecified atom stereocenters. The highest BCUT2D eigenvalue weighted by Gasteiger charge is 2.49. The van der Waals surface area contributed by atoms with Crippen LogP contribution in [0.3, 0.4) is 0 Å². The lowest BCUT2D eigenvalue weighted by molar-refractivity contribution is -0.122. The minimum atomic E-state index is -0.474. The van der Waals surface area contributed by atoms with E-state index < -0.39 is 5.82 Å². The number of nitrogen functional groups attached to an aromatic ring is 1. The van der Waals surface area contributed by atoms with Crippen molar-refractivity contribution in [1.82, 2.24) is 0 Å². The smallest absolute Gasteiger partial charge is 0.237 e. The van der Waals surface area contributed by atoms with Gasteiger partial charge in [0.1, 0.15) is 5.82 Å². The topological polar surface area (TPSA) is 63.4 Å². The van der Waals surface area contributed by atoms with Gasteiger partial charge in [0, 0.05) is 0 Å². The number of anilines is 2. The second kappa shape index (κ2) is 4.33. The molecule has 0 bridgehead atoms. The fourth-order valence-corrected chi connectivity index (χ4v) is 3.13. The fourth-order valence-electron chi connectivity index (χ4n) is 3.13. The maximum Gasteiger partial charge on any atom is 0.237 e. The number of nitrogens with zero attached hydrogens (tertiary/aromatic N) is 1. The van der Waals surface area contributed by atoms with Crippen LogP contribution in [0.15, 0.2) is 18.2 Å². The zero-order valence-corrected chi connectivity index (χ0v) is 10.4. The molecule has 1 saturated heterocycles. The van der Waals surface area contributed by atoms with Gasteiger partial charge < -0.3 is 5.73 Å². The van der Waals surface area contributed by atoms with Crippen molar-refractivity contribution in [3.8, 4) is 0 Å². The number of imide groups is 1. The molecule has 0 aromatic heterocycles. The van der Waals surface area contributed by atoms with Gasteiger partial charge in [0.2, 0.25) is 11.8 Å². The Hall–Kier alpha value is -1.91. The molecule has 3 rings (SSSR count). The van der Waals surface area contributed by atoms with E-state index in [1.54, 1.807) is 0 Å². The van der Waals surface area contributed by atoms with Crippen LogP contribution in [0.4, 0.5) is 15.8 Å². The van der Waals surface area contributed by atoms with E-state index in [0.717, 1.165) is 36.6 Å². The quantitative estimate of drug-likeness (QED) is 0.622. The maximum atomic E-state index is 13.1. The van der Waals surface area contributed by atoms with Crippen molar-refractivity contribution >= 4 is 23.2 Å². The monoisotopic (exact) mass is 262 g/mol. The molecule has 1 aliphatic heterocycles. The molecule has 19 heavy (non-hydrogen) atoms. The van der Waals surface area contributed by atoms with Crippen molar-refractivity contribution in [2.75, 3.05) is 10.6 Å². The van der Waals surface area contributed by atoms with Crippen LogP contribution in [0.1, 0.15) is 25.7 Å². The summed E-state index contributed by atoms with van der Waals surface area (Å²) in [5.41, 5.74) is 6.17. The van der Waals surface area contributed by atoms with Crippen molar-refractivity contribution in [2.24, 2.45) is 11.8 Å². The Kier molecular flexibility index (Phi) is 2.77. The number of hydrogen-bond donors (Lipinski definition) is 1. The van der Waals surface area contributed by atoms with E-state index in [9.17, 15) is 14.0 Å². The first-order chi connectivity index (χ1) is 9.09. The van der Waals surface area contributed by atoms with Gasteiger partial charge in [-0.2, -0.15) is 0 Å². The molecule has 0 radical (unpaired) electrons. The Morgan fingerprint density at radius 1 is 1.11 bits per heavy atom. The summed E-state index contributed by atoms with van der Waals surface area (Å²) >= 11 is 0. The Labute approximate surface area is 110 Å². The van der Waals surface area contributed by atoms with Crippen LogP contribution in [0.25, 0.3) is 0 Å². The first-order valence-corrected chi connectivity index (χ1v) is 6.52. The van der Waals surface area contributed by atoms with Crippen LogP contribution < -0.4 is 10.6 Å². The van der Waals surface area contributed by atoms with Crippen molar-refractivity contribution in [3.05, 3.63) is 24.0 Å². The minimum Gasteiger partial charge on any atom is -0.397 e. The van der Waals surface area contributed by atoms with Crippen LogP contribution in [0.2, 0.25) is 0 Å². The van der Waals surface area contributed by atoms with E-state index >= 15 is 0 Å². The molecular weight excluding hydrogens is 247 g/mol. The summed E-state index contributed by atoms with van der Waals surface area (Å²) < 4.78 is 13.1. The highest BCUT2D eigenvalue weighted by molar-refractivity contribution is 6.23. The average molecular weight is 262 g/mol. The predicted octanol–water partition coefficient (Wildman–Crippen LogP) is 2.09. The molecule has 1 saturated carbocycles. The van der Waals surface area contributed by atoms with Gasteiger partial charge in [-0.25, -0.2) is 9.29 Å². The molecule has 100 valence electrons. The van der Waals surface area contributed by atoms with Crippen LogP contribution in [-0.4, -0.2) is 11.8 Å². The van der Waals surface area contributed by atoms with E-state index in [4.69, 9.17) is 5.73 Å². The molecule has 1 aliphatic carbocycles. The largest absolute Gasteiger partial charge is 0.397 e.